The minimum Gasteiger partial charge on any atom is -0.342 e. The number of fused-ring (bicyclic) bond motifs is 1. The SMILES string of the molecule is Cc1ccc2cc(C#N)c(SCC(=O)N3CCC[C@@H](C)C3)nc2c1C. The Morgan fingerprint density at radius 3 is 2.96 bits per heavy atom. The topological polar surface area (TPSA) is 57.0 Å². The molecule has 1 atom stereocenters. The molecule has 2 heterocycles. The Morgan fingerprint density at radius 2 is 2.24 bits per heavy atom. The molecule has 2 aromatic rings. The lowest BCUT2D eigenvalue weighted by Gasteiger charge is -2.30. The average Bonchev–Trinajstić information content (AvgIpc) is 2.62. The summed E-state index contributed by atoms with van der Waals surface area (Å²) in [4.78, 5) is 19.2. The molecule has 1 aliphatic rings. The zero-order chi connectivity index (χ0) is 18.0. The second-order valence-electron chi connectivity index (χ2n) is 6.91. The van der Waals surface area contributed by atoms with Crippen LogP contribution in [0.3, 0.4) is 0 Å². The number of amides is 1. The van der Waals surface area contributed by atoms with Gasteiger partial charge in [-0.15, -0.1) is 0 Å². The number of rotatable bonds is 3. The molecule has 3 rings (SSSR count). The van der Waals surface area contributed by atoms with Crippen LogP contribution in [0.4, 0.5) is 0 Å². The highest BCUT2D eigenvalue weighted by atomic mass is 32.2. The van der Waals surface area contributed by atoms with E-state index >= 15 is 0 Å². The van der Waals surface area contributed by atoms with Crippen LogP contribution in [0.2, 0.25) is 0 Å². The van der Waals surface area contributed by atoms with Crippen molar-refractivity contribution in [2.24, 2.45) is 5.92 Å². The Morgan fingerprint density at radius 1 is 1.44 bits per heavy atom. The third-order valence-corrected chi connectivity index (χ3v) is 5.92. The molecule has 5 heteroatoms. The van der Waals surface area contributed by atoms with Crippen LogP contribution in [-0.4, -0.2) is 34.6 Å². The molecule has 0 saturated carbocycles. The molecule has 4 nitrogen and oxygen atoms in total. The molecule has 1 aliphatic heterocycles. The van der Waals surface area contributed by atoms with Crippen molar-refractivity contribution in [2.75, 3.05) is 18.8 Å². The fourth-order valence-corrected chi connectivity index (χ4v) is 4.15. The van der Waals surface area contributed by atoms with Crippen LogP contribution in [0.15, 0.2) is 23.2 Å². The first kappa shape index (κ1) is 17.8. The van der Waals surface area contributed by atoms with Gasteiger partial charge in [0.25, 0.3) is 0 Å². The summed E-state index contributed by atoms with van der Waals surface area (Å²) < 4.78 is 0. The molecule has 1 aromatic carbocycles. The number of hydrogen-bond acceptors (Lipinski definition) is 4. The Hall–Kier alpha value is -2.06. The molecule has 1 aromatic heterocycles. The van der Waals surface area contributed by atoms with Gasteiger partial charge < -0.3 is 4.90 Å². The minimum atomic E-state index is 0.142. The van der Waals surface area contributed by atoms with Gasteiger partial charge in [-0.2, -0.15) is 5.26 Å². The fraction of sp³-hybridized carbons (Fsp3) is 0.450. The third kappa shape index (κ3) is 3.80. The first-order chi connectivity index (χ1) is 12.0. The number of aryl methyl sites for hydroxylation is 2. The first-order valence-electron chi connectivity index (χ1n) is 8.71. The van der Waals surface area contributed by atoms with Crippen molar-refractivity contribution in [1.29, 1.82) is 5.26 Å². The van der Waals surface area contributed by atoms with E-state index in [4.69, 9.17) is 4.98 Å². The predicted octanol–water partition coefficient (Wildman–Crippen LogP) is 4.07. The van der Waals surface area contributed by atoms with Crippen LogP contribution >= 0.6 is 11.8 Å². The molecule has 0 unspecified atom stereocenters. The Kier molecular flexibility index (Phi) is 5.29. The summed E-state index contributed by atoms with van der Waals surface area (Å²) in [7, 11) is 0. The number of benzene rings is 1. The summed E-state index contributed by atoms with van der Waals surface area (Å²) in [5.74, 6) is 1.05. The monoisotopic (exact) mass is 353 g/mol. The Balaban J connectivity index is 1.81. The number of nitriles is 1. The molecule has 0 aliphatic carbocycles. The van der Waals surface area contributed by atoms with E-state index in [-0.39, 0.29) is 5.91 Å². The number of aromatic nitrogens is 1. The first-order valence-corrected chi connectivity index (χ1v) is 9.69. The summed E-state index contributed by atoms with van der Waals surface area (Å²) in [5.41, 5.74) is 3.76. The van der Waals surface area contributed by atoms with Gasteiger partial charge >= 0.3 is 0 Å². The zero-order valence-electron chi connectivity index (χ0n) is 15.0. The third-order valence-electron chi connectivity index (χ3n) is 4.94. The van der Waals surface area contributed by atoms with Crippen LogP contribution in [0, 0.1) is 31.1 Å². The number of carbonyl (C=O) groups excluding carboxylic acids is 1. The largest absolute Gasteiger partial charge is 0.342 e. The van der Waals surface area contributed by atoms with Crippen LogP contribution in [0.25, 0.3) is 10.9 Å². The van der Waals surface area contributed by atoms with E-state index < -0.39 is 0 Å². The van der Waals surface area contributed by atoms with E-state index in [2.05, 4.69) is 19.9 Å². The summed E-state index contributed by atoms with van der Waals surface area (Å²) >= 11 is 1.38. The summed E-state index contributed by atoms with van der Waals surface area (Å²) in [6, 6.07) is 8.15. The Labute approximate surface area is 153 Å². The number of piperidine rings is 1. The maximum atomic E-state index is 12.5. The van der Waals surface area contributed by atoms with E-state index in [0.717, 1.165) is 36.0 Å². The van der Waals surface area contributed by atoms with Crippen LogP contribution in [0.1, 0.15) is 36.5 Å². The highest BCUT2D eigenvalue weighted by molar-refractivity contribution is 8.00. The van der Waals surface area contributed by atoms with Crippen molar-refractivity contribution in [1.82, 2.24) is 9.88 Å². The molecular weight excluding hydrogens is 330 g/mol. The van der Waals surface area contributed by atoms with Crippen LogP contribution in [0.5, 0.6) is 0 Å². The molecule has 25 heavy (non-hydrogen) atoms. The van der Waals surface area contributed by atoms with Crippen molar-refractivity contribution in [3.8, 4) is 6.07 Å². The summed E-state index contributed by atoms with van der Waals surface area (Å²) in [6.45, 7) is 7.98. The van der Waals surface area contributed by atoms with Gasteiger partial charge in [0, 0.05) is 18.5 Å². The number of carbonyl (C=O) groups is 1. The highest BCUT2D eigenvalue weighted by Gasteiger charge is 2.21. The Bertz CT molecular complexity index is 856. The second kappa shape index (κ2) is 7.45. The molecule has 1 amide bonds. The predicted molar refractivity (Wildman–Crippen MR) is 102 cm³/mol. The van der Waals surface area contributed by atoms with E-state index in [1.54, 1.807) is 0 Å². The van der Waals surface area contributed by atoms with Crippen molar-refractivity contribution in [3.63, 3.8) is 0 Å². The number of likely N-dealkylation sites (tertiary alicyclic amines) is 1. The quantitative estimate of drug-likeness (QED) is 0.781. The minimum absolute atomic E-state index is 0.142. The van der Waals surface area contributed by atoms with Crippen molar-refractivity contribution in [3.05, 3.63) is 34.9 Å². The molecule has 0 N–H and O–H groups in total. The lowest BCUT2D eigenvalue weighted by atomic mass is 10.0. The van der Waals surface area contributed by atoms with E-state index in [9.17, 15) is 10.1 Å². The average molecular weight is 353 g/mol. The lowest BCUT2D eigenvalue weighted by Crippen LogP contribution is -2.40. The highest BCUT2D eigenvalue weighted by Crippen LogP contribution is 2.28. The fourth-order valence-electron chi connectivity index (χ4n) is 3.29. The van der Waals surface area contributed by atoms with E-state index in [0.29, 0.717) is 22.3 Å². The van der Waals surface area contributed by atoms with Gasteiger partial charge in [0.1, 0.15) is 11.1 Å². The van der Waals surface area contributed by atoms with Gasteiger partial charge in [-0.05, 0) is 49.8 Å². The van der Waals surface area contributed by atoms with Crippen LogP contribution < -0.4 is 0 Å². The number of pyridine rings is 1. The number of nitrogens with zero attached hydrogens (tertiary/aromatic N) is 3. The van der Waals surface area contributed by atoms with Gasteiger partial charge in [0.15, 0.2) is 0 Å². The molecule has 0 bridgehead atoms. The van der Waals surface area contributed by atoms with Crippen LogP contribution in [-0.2, 0) is 4.79 Å². The molecule has 0 spiro atoms. The second-order valence-corrected chi connectivity index (χ2v) is 7.87. The number of thioether (sulfide) groups is 1. The molecule has 1 saturated heterocycles. The molecule has 130 valence electrons. The zero-order valence-corrected chi connectivity index (χ0v) is 15.8. The lowest BCUT2D eigenvalue weighted by molar-refractivity contribution is -0.130. The molecular formula is C20H23N3OS. The maximum absolute atomic E-state index is 12.5. The molecule has 1 fully saturated rings. The van der Waals surface area contributed by atoms with Crippen molar-refractivity contribution < 1.29 is 4.79 Å². The van der Waals surface area contributed by atoms with Gasteiger partial charge in [0.2, 0.25) is 5.91 Å². The van der Waals surface area contributed by atoms with Crippen molar-refractivity contribution in [2.45, 2.75) is 38.6 Å². The van der Waals surface area contributed by atoms with Gasteiger partial charge in [0.05, 0.1) is 16.8 Å². The standard InChI is InChI=1S/C20H23N3OS/c1-13-5-4-8-23(11-13)18(24)12-25-20-17(10-21)9-16-7-6-14(2)15(3)19(16)22-20/h6-7,9,13H,4-5,8,11-12H2,1-3H3/t13-/m1/s1. The van der Waals surface area contributed by atoms with Crippen molar-refractivity contribution >= 4 is 28.6 Å². The normalized spacial score (nSPS) is 17.5. The maximum Gasteiger partial charge on any atom is 0.232 e. The van der Waals surface area contributed by atoms with Gasteiger partial charge in [-0.1, -0.05) is 30.8 Å². The van der Waals surface area contributed by atoms with E-state index in [1.165, 1.54) is 23.7 Å². The molecule has 0 radical (unpaired) electrons. The summed E-state index contributed by atoms with van der Waals surface area (Å²) in [6.07, 6.45) is 2.27. The smallest absolute Gasteiger partial charge is 0.232 e. The van der Waals surface area contributed by atoms with E-state index in [1.807, 2.05) is 30.0 Å². The summed E-state index contributed by atoms with van der Waals surface area (Å²) in [5, 5.41) is 11.1. The number of hydrogen-bond donors (Lipinski definition) is 0. The van der Waals surface area contributed by atoms with Gasteiger partial charge in [-0.3, -0.25) is 4.79 Å². The van der Waals surface area contributed by atoms with Gasteiger partial charge in [-0.25, -0.2) is 4.98 Å².